The van der Waals surface area contributed by atoms with Crippen LogP contribution in [0, 0.1) is 5.82 Å². The third-order valence-electron chi connectivity index (χ3n) is 4.09. The molecule has 1 saturated heterocycles. The second kappa shape index (κ2) is 7.00. The Morgan fingerprint density at radius 2 is 2.33 bits per heavy atom. The number of aromatic nitrogens is 2. The van der Waals surface area contributed by atoms with Crippen molar-refractivity contribution in [2.45, 2.75) is 19.1 Å². The second-order valence-electron chi connectivity index (χ2n) is 5.96. The first-order valence-corrected chi connectivity index (χ1v) is 7.94. The van der Waals surface area contributed by atoms with Gasteiger partial charge >= 0.3 is 6.03 Å². The van der Waals surface area contributed by atoms with E-state index in [0.717, 1.165) is 0 Å². The van der Waals surface area contributed by atoms with E-state index in [1.165, 1.54) is 12.1 Å². The number of benzene rings is 1. The maximum absolute atomic E-state index is 13.6. The van der Waals surface area contributed by atoms with Crippen molar-refractivity contribution in [2.75, 3.05) is 19.7 Å². The molecule has 0 unspecified atom stereocenters. The number of nitrogens with zero attached hydrogens (tertiary/aromatic N) is 3. The summed E-state index contributed by atoms with van der Waals surface area (Å²) in [5.41, 5.74) is 0.652. The Labute approximate surface area is 140 Å². The standard InChI is InChI=1S/C17H21FN4O2/c1-12-11-22(8-9-24-12)17(23)20-15(16-19-6-7-21(16)2)13-4-3-5-14(18)10-13/h3-7,10,12,15H,8-9,11H2,1-2H3,(H,20,23)/t12-,15-/m1/s1. The zero-order valence-electron chi connectivity index (χ0n) is 13.8. The number of hydrogen-bond donors (Lipinski definition) is 1. The Balaban J connectivity index is 1.85. The van der Waals surface area contributed by atoms with Gasteiger partial charge in [0.25, 0.3) is 0 Å². The van der Waals surface area contributed by atoms with Gasteiger partial charge in [0.05, 0.1) is 12.7 Å². The molecule has 24 heavy (non-hydrogen) atoms. The lowest BCUT2D eigenvalue weighted by molar-refractivity contribution is -0.00376. The SMILES string of the molecule is C[C@@H]1CN(C(=O)N[C@H](c2cccc(F)c2)c2nccn2C)CCO1. The third-order valence-corrected chi connectivity index (χ3v) is 4.09. The number of aryl methyl sites for hydroxylation is 1. The second-order valence-corrected chi connectivity index (χ2v) is 5.96. The predicted octanol–water partition coefficient (Wildman–Crippen LogP) is 2.08. The highest BCUT2D eigenvalue weighted by Crippen LogP contribution is 2.22. The molecular weight excluding hydrogens is 311 g/mol. The molecule has 2 aromatic rings. The molecule has 2 amide bonds. The number of amides is 2. The number of imidazole rings is 1. The molecule has 1 fully saturated rings. The Kier molecular flexibility index (Phi) is 4.80. The van der Waals surface area contributed by atoms with Gasteiger partial charge < -0.3 is 19.5 Å². The van der Waals surface area contributed by atoms with Gasteiger partial charge in [-0.25, -0.2) is 14.2 Å². The van der Waals surface area contributed by atoms with Crippen molar-refractivity contribution in [3.05, 3.63) is 53.9 Å². The van der Waals surface area contributed by atoms with E-state index >= 15 is 0 Å². The summed E-state index contributed by atoms with van der Waals surface area (Å²) in [5, 5.41) is 2.98. The van der Waals surface area contributed by atoms with E-state index in [-0.39, 0.29) is 18.0 Å². The van der Waals surface area contributed by atoms with E-state index in [1.54, 1.807) is 29.4 Å². The van der Waals surface area contributed by atoms with Crippen LogP contribution in [0.2, 0.25) is 0 Å². The highest BCUT2D eigenvalue weighted by Gasteiger charge is 2.26. The Bertz CT molecular complexity index is 718. The van der Waals surface area contributed by atoms with Crippen LogP contribution in [0.3, 0.4) is 0 Å². The van der Waals surface area contributed by atoms with Crippen molar-refractivity contribution >= 4 is 6.03 Å². The predicted molar refractivity (Wildman–Crippen MR) is 87.0 cm³/mol. The molecule has 1 aromatic carbocycles. The maximum atomic E-state index is 13.6. The quantitative estimate of drug-likeness (QED) is 0.936. The van der Waals surface area contributed by atoms with Gasteiger partial charge in [0, 0.05) is 32.5 Å². The van der Waals surface area contributed by atoms with E-state index in [0.29, 0.717) is 31.1 Å². The van der Waals surface area contributed by atoms with E-state index in [2.05, 4.69) is 10.3 Å². The van der Waals surface area contributed by atoms with Crippen LogP contribution in [0.5, 0.6) is 0 Å². The Hall–Kier alpha value is -2.41. The van der Waals surface area contributed by atoms with Crippen LogP contribution in [-0.4, -0.2) is 46.3 Å². The van der Waals surface area contributed by atoms with Gasteiger partial charge in [-0.15, -0.1) is 0 Å². The first-order valence-electron chi connectivity index (χ1n) is 7.94. The third kappa shape index (κ3) is 3.56. The Morgan fingerprint density at radius 3 is 3.00 bits per heavy atom. The average Bonchev–Trinajstić information content (AvgIpc) is 2.98. The van der Waals surface area contributed by atoms with Gasteiger partial charge in [0.1, 0.15) is 17.7 Å². The van der Waals surface area contributed by atoms with Gasteiger partial charge in [-0.3, -0.25) is 0 Å². The molecule has 7 heteroatoms. The van der Waals surface area contributed by atoms with Gasteiger partial charge in [0.15, 0.2) is 0 Å². The topological polar surface area (TPSA) is 59.4 Å². The van der Waals surface area contributed by atoms with Crippen LogP contribution >= 0.6 is 0 Å². The number of hydrogen-bond acceptors (Lipinski definition) is 3. The van der Waals surface area contributed by atoms with E-state index in [1.807, 2.05) is 18.5 Å². The van der Waals surface area contributed by atoms with Crippen molar-refractivity contribution in [1.29, 1.82) is 0 Å². The highest BCUT2D eigenvalue weighted by atomic mass is 19.1. The molecule has 0 aliphatic carbocycles. The number of nitrogens with one attached hydrogen (secondary N) is 1. The highest BCUT2D eigenvalue weighted by molar-refractivity contribution is 5.75. The fourth-order valence-corrected chi connectivity index (χ4v) is 2.86. The largest absolute Gasteiger partial charge is 0.375 e. The van der Waals surface area contributed by atoms with E-state index in [4.69, 9.17) is 4.74 Å². The number of morpholine rings is 1. The minimum Gasteiger partial charge on any atom is -0.375 e. The molecule has 2 heterocycles. The smallest absolute Gasteiger partial charge is 0.318 e. The molecule has 0 saturated carbocycles. The van der Waals surface area contributed by atoms with Crippen molar-refractivity contribution in [1.82, 2.24) is 19.8 Å². The molecule has 2 atom stereocenters. The van der Waals surface area contributed by atoms with Crippen LogP contribution in [0.1, 0.15) is 24.4 Å². The maximum Gasteiger partial charge on any atom is 0.318 e. The molecule has 0 radical (unpaired) electrons. The molecule has 0 spiro atoms. The van der Waals surface area contributed by atoms with Gasteiger partial charge in [-0.2, -0.15) is 0 Å². The number of rotatable bonds is 3. The summed E-state index contributed by atoms with van der Waals surface area (Å²) >= 11 is 0. The number of ether oxygens (including phenoxy) is 1. The lowest BCUT2D eigenvalue weighted by atomic mass is 10.1. The minimum absolute atomic E-state index is 0.00489. The van der Waals surface area contributed by atoms with Crippen LogP contribution in [0.4, 0.5) is 9.18 Å². The van der Waals surface area contributed by atoms with Crippen LogP contribution in [0.15, 0.2) is 36.7 Å². The fraction of sp³-hybridized carbons (Fsp3) is 0.412. The van der Waals surface area contributed by atoms with Crippen molar-refractivity contribution in [2.24, 2.45) is 7.05 Å². The summed E-state index contributed by atoms with van der Waals surface area (Å²) in [4.78, 5) is 18.7. The summed E-state index contributed by atoms with van der Waals surface area (Å²) < 4.78 is 20.9. The summed E-state index contributed by atoms with van der Waals surface area (Å²) in [6.45, 7) is 3.51. The number of carbonyl (C=O) groups is 1. The van der Waals surface area contributed by atoms with Gasteiger partial charge in [0.2, 0.25) is 0 Å². The molecule has 1 aliphatic rings. The van der Waals surface area contributed by atoms with Crippen molar-refractivity contribution < 1.29 is 13.9 Å². The molecule has 1 N–H and O–H groups in total. The van der Waals surface area contributed by atoms with Gasteiger partial charge in [-0.05, 0) is 24.6 Å². The Morgan fingerprint density at radius 1 is 1.50 bits per heavy atom. The first kappa shape index (κ1) is 16.4. The van der Waals surface area contributed by atoms with Crippen LogP contribution in [0.25, 0.3) is 0 Å². The van der Waals surface area contributed by atoms with Crippen LogP contribution in [-0.2, 0) is 11.8 Å². The number of halogens is 1. The lowest BCUT2D eigenvalue weighted by Crippen LogP contribution is -2.50. The summed E-state index contributed by atoms with van der Waals surface area (Å²) in [6.07, 6.45) is 3.46. The van der Waals surface area contributed by atoms with Crippen LogP contribution < -0.4 is 5.32 Å². The average molecular weight is 332 g/mol. The lowest BCUT2D eigenvalue weighted by Gasteiger charge is -2.32. The van der Waals surface area contributed by atoms with Gasteiger partial charge in [-0.1, -0.05) is 12.1 Å². The monoisotopic (exact) mass is 332 g/mol. The zero-order chi connectivity index (χ0) is 17.1. The number of carbonyl (C=O) groups excluding carboxylic acids is 1. The molecule has 3 rings (SSSR count). The molecule has 1 aliphatic heterocycles. The van der Waals surface area contributed by atoms with Crippen molar-refractivity contribution in [3.8, 4) is 0 Å². The van der Waals surface area contributed by atoms with Crippen molar-refractivity contribution in [3.63, 3.8) is 0 Å². The zero-order valence-corrected chi connectivity index (χ0v) is 13.8. The molecule has 128 valence electrons. The molecule has 0 bridgehead atoms. The molecular formula is C17H21FN4O2. The number of urea groups is 1. The first-order chi connectivity index (χ1) is 11.5. The normalized spacial score (nSPS) is 19.1. The summed E-state index contributed by atoms with van der Waals surface area (Å²) in [7, 11) is 1.84. The van der Waals surface area contributed by atoms with E-state index in [9.17, 15) is 9.18 Å². The molecule has 6 nitrogen and oxygen atoms in total. The molecule has 1 aromatic heterocycles. The minimum atomic E-state index is -0.522. The van der Waals surface area contributed by atoms with E-state index < -0.39 is 6.04 Å². The summed E-state index contributed by atoms with van der Waals surface area (Å²) in [6, 6.07) is 5.48. The fourth-order valence-electron chi connectivity index (χ4n) is 2.86. The summed E-state index contributed by atoms with van der Waals surface area (Å²) in [5.74, 6) is 0.302.